The lowest BCUT2D eigenvalue weighted by atomic mass is 9.93. The molecule has 4 heteroatoms. The minimum Gasteiger partial charge on any atom is -0.354 e. The maximum absolute atomic E-state index is 12.2. The molecule has 1 aromatic carbocycles. The Morgan fingerprint density at radius 3 is 2.52 bits per heavy atom. The Labute approximate surface area is 140 Å². The van der Waals surface area contributed by atoms with Crippen LogP contribution in [-0.4, -0.2) is 44.5 Å². The largest absolute Gasteiger partial charge is 0.354 e. The zero-order valence-corrected chi connectivity index (χ0v) is 14.8. The predicted octanol–water partition coefficient (Wildman–Crippen LogP) is 2.49. The standard InChI is InChI=1S/C19H31N3O/c1-15-4-7-17(8-5-15)18(22(2)3)14-21-19(23)9-6-16-10-12-20-13-11-16/h4-5,7-8,16,18,20H,6,9-14H2,1-3H3,(H,21,23). The van der Waals surface area contributed by atoms with Crippen LogP contribution in [0.5, 0.6) is 0 Å². The molecule has 128 valence electrons. The number of carbonyl (C=O) groups excluding carboxylic acids is 1. The van der Waals surface area contributed by atoms with Crippen molar-refractivity contribution in [2.45, 2.75) is 38.6 Å². The molecular formula is C19H31N3O. The van der Waals surface area contributed by atoms with Crippen molar-refractivity contribution in [3.63, 3.8) is 0 Å². The lowest BCUT2D eigenvalue weighted by molar-refractivity contribution is -0.121. The molecule has 1 aliphatic heterocycles. The summed E-state index contributed by atoms with van der Waals surface area (Å²) in [6.07, 6.45) is 4.08. The van der Waals surface area contributed by atoms with E-state index in [1.807, 2.05) is 0 Å². The van der Waals surface area contributed by atoms with E-state index >= 15 is 0 Å². The molecule has 1 heterocycles. The van der Waals surface area contributed by atoms with E-state index in [0.29, 0.717) is 18.9 Å². The first-order valence-corrected chi connectivity index (χ1v) is 8.76. The van der Waals surface area contributed by atoms with Crippen LogP contribution in [0.3, 0.4) is 0 Å². The normalized spacial score (nSPS) is 17.2. The molecule has 0 bridgehead atoms. The lowest BCUT2D eigenvalue weighted by Gasteiger charge is -2.26. The van der Waals surface area contributed by atoms with Gasteiger partial charge in [-0.2, -0.15) is 0 Å². The third-order valence-corrected chi connectivity index (χ3v) is 4.82. The topological polar surface area (TPSA) is 44.4 Å². The fraction of sp³-hybridized carbons (Fsp3) is 0.632. The van der Waals surface area contributed by atoms with Gasteiger partial charge in [0.25, 0.3) is 0 Å². The van der Waals surface area contributed by atoms with Gasteiger partial charge < -0.3 is 15.5 Å². The zero-order valence-electron chi connectivity index (χ0n) is 14.8. The van der Waals surface area contributed by atoms with Gasteiger partial charge in [0.15, 0.2) is 0 Å². The van der Waals surface area contributed by atoms with Gasteiger partial charge in [0.05, 0.1) is 6.04 Å². The molecule has 1 unspecified atom stereocenters. The highest BCUT2D eigenvalue weighted by atomic mass is 16.1. The maximum atomic E-state index is 12.2. The molecule has 2 rings (SSSR count). The van der Waals surface area contributed by atoms with E-state index in [4.69, 9.17) is 0 Å². The predicted molar refractivity (Wildman–Crippen MR) is 95.4 cm³/mol. The lowest BCUT2D eigenvalue weighted by Crippen LogP contribution is -2.35. The molecule has 0 aliphatic carbocycles. The van der Waals surface area contributed by atoms with Crippen molar-refractivity contribution in [2.75, 3.05) is 33.7 Å². The molecule has 1 atom stereocenters. The Bertz CT molecular complexity index is 478. The molecule has 2 N–H and O–H groups in total. The average molecular weight is 317 g/mol. The van der Waals surface area contributed by atoms with E-state index in [-0.39, 0.29) is 11.9 Å². The first kappa shape index (κ1) is 18.0. The van der Waals surface area contributed by atoms with Crippen LogP contribution in [-0.2, 0) is 4.79 Å². The fourth-order valence-electron chi connectivity index (χ4n) is 3.19. The first-order chi connectivity index (χ1) is 11.1. The minimum atomic E-state index is 0.183. The fourth-order valence-corrected chi connectivity index (χ4v) is 3.19. The van der Waals surface area contributed by atoms with E-state index in [2.05, 4.69) is 60.8 Å². The van der Waals surface area contributed by atoms with Crippen molar-refractivity contribution in [2.24, 2.45) is 5.92 Å². The first-order valence-electron chi connectivity index (χ1n) is 8.76. The molecular weight excluding hydrogens is 286 g/mol. The van der Waals surface area contributed by atoms with Crippen molar-refractivity contribution >= 4 is 5.91 Å². The molecule has 0 saturated carbocycles. The summed E-state index contributed by atoms with van der Waals surface area (Å²) in [5.74, 6) is 0.895. The Kier molecular flexibility index (Phi) is 7.06. The number of carbonyl (C=O) groups is 1. The van der Waals surface area contributed by atoms with Gasteiger partial charge in [-0.15, -0.1) is 0 Å². The summed E-state index contributed by atoms with van der Waals surface area (Å²) < 4.78 is 0. The Morgan fingerprint density at radius 1 is 1.26 bits per heavy atom. The second kappa shape index (κ2) is 9.04. The van der Waals surface area contributed by atoms with Crippen LogP contribution in [0.15, 0.2) is 24.3 Å². The number of hydrogen-bond acceptors (Lipinski definition) is 3. The molecule has 0 radical (unpaired) electrons. The SMILES string of the molecule is Cc1ccc(C(CNC(=O)CCC2CCNCC2)N(C)C)cc1. The van der Waals surface area contributed by atoms with Gasteiger partial charge in [-0.25, -0.2) is 0 Å². The third-order valence-electron chi connectivity index (χ3n) is 4.82. The van der Waals surface area contributed by atoms with E-state index in [9.17, 15) is 4.79 Å². The molecule has 1 amide bonds. The molecule has 23 heavy (non-hydrogen) atoms. The molecule has 1 aliphatic rings. The maximum Gasteiger partial charge on any atom is 0.220 e. The molecule has 1 fully saturated rings. The summed E-state index contributed by atoms with van der Waals surface area (Å²) in [7, 11) is 4.12. The number of rotatable bonds is 7. The van der Waals surface area contributed by atoms with Crippen LogP contribution < -0.4 is 10.6 Å². The average Bonchev–Trinajstić information content (AvgIpc) is 2.55. The van der Waals surface area contributed by atoms with E-state index in [1.54, 1.807) is 0 Å². The number of hydrogen-bond donors (Lipinski definition) is 2. The van der Waals surface area contributed by atoms with Gasteiger partial charge >= 0.3 is 0 Å². The summed E-state index contributed by atoms with van der Waals surface area (Å²) >= 11 is 0. The van der Waals surface area contributed by atoms with Crippen LogP contribution in [0.4, 0.5) is 0 Å². The monoisotopic (exact) mass is 317 g/mol. The Hall–Kier alpha value is -1.39. The van der Waals surface area contributed by atoms with Gasteiger partial charge in [-0.1, -0.05) is 29.8 Å². The van der Waals surface area contributed by atoms with Gasteiger partial charge in [0.2, 0.25) is 5.91 Å². The van der Waals surface area contributed by atoms with Crippen LogP contribution >= 0.6 is 0 Å². The number of likely N-dealkylation sites (N-methyl/N-ethyl adjacent to an activating group) is 1. The number of piperidine rings is 1. The van der Waals surface area contributed by atoms with Crippen molar-refractivity contribution in [3.05, 3.63) is 35.4 Å². The summed E-state index contributed by atoms with van der Waals surface area (Å²) in [4.78, 5) is 14.3. The second-order valence-electron chi connectivity index (χ2n) is 6.93. The molecule has 4 nitrogen and oxygen atoms in total. The zero-order chi connectivity index (χ0) is 16.7. The smallest absolute Gasteiger partial charge is 0.220 e. The number of aryl methyl sites for hydroxylation is 1. The highest BCUT2D eigenvalue weighted by Crippen LogP contribution is 2.19. The van der Waals surface area contributed by atoms with E-state index in [0.717, 1.165) is 19.5 Å². The van der Waals surface area contributed by atoms with Crippen LogP contribution in [0.25, 0.3) is 0 Å². The summed E-state index contributed by atoms with van der Waals surface area (Å²) in [6, 6.07) is 8.79. The van der Waals surface area contributed by atoms with Crippen molar-refractivity contribution < 1.29 is 4.79 Å². The van der Waals surface area contributed by atoms with Crippen molar-refractivity contribution in [3.8, 4) is 0 Å². The van der Waals surface area contributed by atoms with Gasteiger partial charge in [0.1, 0.15) is 0 Å². The van der Waals surface area contributed by atoms with Gasteiger partial charge in [-0.3, -0.25) is 4.79 Å². The van der Waals surface area contributed by atoms with Crippen molar-refractivity contribution in [1.29, 1.82) is 0 Å². The number of amides is 1. The van der Waals surface area contributed by atoms with Gasteiger partial charge in [-0.05, 0) is 64.9 Å². The molecule has 0 aromatic heterocycles. The van der Waals surface area contributed by atoms with Crippen LogP contribution in [0.2, 0.25) is 0 Å². The molecule has 0 spiro atoms. The highest BCUT2D eigenvalue weighted by Gasteiger charge is 2.17. The van der Waals surface area contributed by atoms with Crippen LogP contribution in [0, 0.1) is 12.8 Å². The quantitative estimate of drug-likeness (QED) is 0.812. The highest BCUT2D eigenvalue weighted by molar-refractivity contribution is 5.75. The number of benzene rings is 1. The number of nitrogens with zero attached hydrogens (tertiary/aromatic N) is 1. The summed E-state index contributed by atoms with van der Waals surface area (Å²) in [6.45, 7) is 4.96. The molecule has 1 saturated heterocycles. The molecule has 1 aromatic rings. The number of nitrogens with one attached hydrogen (secondary N) is 2. The van der Waals surface area contributed by atoms with E-state index in [1.165, 1.54) is 24.0 Å². The second-order valence-corrected chi connectivity index (χ2v) is 6.93. The third kappa shape index (κ3) is 5.96. The van der Waals surface area contributed by atoms with Gasteiger partial charge in [0, 0.05) is 13.0 Å². The Balaban J connectivity index is 1.78. The van der Waals surface area contributed by atoms with Crippen molar-refractivity contribution in [1.82, 2.24) is 15.5 Å². The Morgan fingerprint density at radius 2 is 1.91 bits per heavy atom. The minimum absolute atomic E-state index is 0.183. The van der Waals surface area contributed by atoms with Crippen LogP contribution in [0.1, 0.15) is 42.9 Å². The summed E-state index contributed by atoms with van der Waals surface area (Å²) in [5.41, 5.74) is 2.51. The summed E-state index contributed by atoms with van der Waals surface area (Å²) in [5, 5.41) is 6.49. The van der Waals surface area contributed by atoms with E-state index < -0.39 is 0 Å².